The van der Waals surface area contributed by atoms with Gasteiger partial charge in [0.2, 0.25) is 5.95 Å². The van der Waals surface area contributed by atoms with E-state index in [1.54, 1.807) is 50.4 Å². The van der Waals surface area contributed by atoms with E-state index in [0.29, 0.717) is 40.3 Å². The molecule has 3 aromatic rings. The number of aromatic nitrogens is 2. The Hall–Kier alpha value is -3.66. The van der Waals surface area contributed by atoms with Gasteiger partial charge in [0.15, 0.2) is 0 Å². The number of anilines is 4. The highest BCUT2D eigenvalue weighted by Gasteiger charge is 2.30. The zero-order valence-corrected chi connectivity index (χ0v) is 21.0. The van der Waals surface area contributed by atoms with Crippen LogP contribution < -0.4 is 14.9 Å². The average Bonchev–Trinajstić information content (AvgIpc) is 3.61. The fourth-order valence-corrected chi connectivity index (χ4v) is 5.77. The van der Waals surface area contributed by atoms with Crippen LogP contribution in [0.3, 0.4) is 0 Å². The minimum absolute atomic E-state index is 0.186. The molecule has 1 fully saturated rings. The number of methoxy groups -OCH3 is 1. The summed E-state index contributed by atoms with van der Waals surface area (Å²) in [7, 11) is -2.80. The zero-order valence-electron chi connectivity index (χ0n) is 20.2. The smallest absolute Gasteiger partial charge is 0.326 e. The number of carbonyl (C=O) groups excluding carboxylic acids is 1. The van der Waals surface area contributed by atoms with Crippen LogP contribution in [0.5, 0.6) is 0 Å². The molecule has 0 saturated heterocycles. The predicted molar refractivity (Wildman–Crippen MR) is 136 cm³/mol. The van der Waals surface area contributed by atoms with E-state index >= 15 is 0 Å². The molecule has 0 atom stereocenters. The summed E-state index contributed by atoms with van der Waals surface area (Å²) in [4.78, 5) is 21.0. The van der Waals surface area contributed by atoms with Gasteiger partial charge in [-0.2, -0.15) is 4.98 Å². The first-order valence-corrected chi connectivity index (χ1v) is 12.8. The summed E-state index contributed by atoms with van der Waals surface area (Å²) in [6.45, 7) is 4.98. The van der Waals surface area contributed by atoms with Crippen molar-refractivity contribution in [2.75, 3.05) is 28.6 Å². The van der Waals surface area contributed by atoms with Gasteiger partial charge < -0.3 is 15.4 Å². The Balaban J connectivity index is 1.62. The number of ether oxygens (including phenoxy) is 1. The molecule has 0 aliphatic heterocycles. The van der Waals surface area contributed by atoms with Crippen LogP contribution in [0, 0.1) is 20.8 Å². The molecule has 35 heavy (non-hydrogen) atoms. The van der Waals surface area contributed by atoms with Crippen molar-refractivity contribution in [2.45, 2.75) is 44.6 Å². The van der Waals surface area contributed by atoms with Gasteiger partial charge in [0.25, 0.3) is 10.0 Å². The van der Waals surface area contributed by atoms with E-state index in [0.717, 1.165) is 22.7 Å². The molecule has 10 heteroatoms. The van der Waals surface area contributed by atoms with Crippen molar-refractivity contribution < 1.29 is 17.9 Å². The topological polar surface area (TPSA) is 114 Å². The van der Waals surface area contributed by atoms with Gasteiger partial charge in [-0.15, -0.1) is 0 Å². The Morgan fingerprint density at radius 2 is 1.74 bits per heavy atom. The molecule has 0 amide bonds. The third kappa shape index (κ3) is 5.71. The average molecular weight is 496 g/mol. The van der Waals surface area contributed by atoms with E-state index in [1.165, 1.54) is 7.11 Å². The summed E-state index contributed by atoms with van der Waals surface area (Å²) in [5.74, 6) is 0.518. The van der Waals surface area contributed by atoms with Crippen molar-refractivity contribution in [1.82, 2.24) is 9.97 Å². The second kappa shape index (κ2) is 9.91. The summed E-state index contributed by atoms with van der Waals surface area (Å²) in [6.07, 6.45) is 3.91. The quantitative estimate of drug-likeness (QED) is 0.427. The first-order valence-electron chi connectivity index (χ1n) is 11.3. The number of esters is 1. The summed E-state index contributed by atoms with van der Waals surface area (Å²) < 4.78 is 33.3. The molecule has 1 aliphatic rings. The van der Waals surface area contributed by atoms with Crippen LogP contribution in [0.25, 0.3) is 0 Å². The standard InChI is InChI=1S/C25H29N5O4S/c1-16-13-17(2)24(18(3)14-16)35(32,33)30(15-23(31)34-4)21-9-7-19(8-10-21)27-22-11-12-26-25(29-22)28-20-5-6-20/h7-14,20H,5-6,15H2,1-4H3,(H2,26,27,28,29). The van der Waals surface area contributed by atoms with E-state index in [2.05, 4.69) is 20.6 Å². The number of rotatable bonds is 9. The molecule has 4 rings (SSSR count). The van der Waals surface area contributed by atoms with E-state index in [-0.39, 0.29) is 4.90 Å². The highest BCUT2D eigenvalue weighted by molar-refractivity contribution is 7.93. The number of hydrogen-bond acceptors (Lipinski definition) is 8. The lowest BCUT2D eigenvalue weighted by molar-refractivity contribution is -0.138. The number of nitrogens with one attached hydrogen (secondary N) is 2. The highest BCUT2D eigenvalue weighted by atomic mass is 32.2. The molecular formula is C25H29N5O4S. The Morgan fingerprint density at radius 3 is 2.34 bits per heavy atom. The van der Waals surface area contributed by atoms with Gasteiger partial charge >= 0.3 is 5.97 Å². The van der Waals surface area contributed by atoms with Crippen LogP contribution in [0.1, 0.15) is 29.5 Å². The van der Waals surface area contributed by atoms with E-state index < -0.39 is 22.5 Å². The van der Waals surface area contributed by atoms with Crippen LogP contribution in [-0.2, 0) is 19.6 Å². The highest BCUT2D eigenvalue weighted by Crippen LogP contribution is 2.30. The molecule has 0 spiro atoms. The van der Waals surface area contributed by atoms with Crippen LogP contribution >= 0.6 is 0 Å². The summed E-state index contributed by atoms with van der Waals surface area (Å²) >= 11 is 0. The minimum Gasteiger partial charge on any atom is -0.468 e. The van der Waals surface area contributed by atoms with Crippen molar-refractivity contribution in [2.24, 2.45) is 0 Å². The van der Waals surface area contributed by atoms with Gasteiger partial charge in [-0.05, 0) is 75.1 Å². The molecular weight excluding hydrogens is 466 g/mol. The monoisotopic (exact) mass is 495 g/mol. The Kier molecular flexibility index (Phi) is 6.93. The van der Waals surface area contributed by atoms with Gasteiger partial charge in [-0.1, -0.05) is 17.7 Å². The molecule has 9 nitrogen and oxygen atoms in total. The lowest BCUT2D eigenvalue weighted by Crippen LogP contribution is -2.37. The molecule has 1 aromatic heterocycles. The number of aryl methyl sites for hydroxylation is 3. The normalized spacial score (nSPS) is 13.3. The zero-order chi connectivity index (χ0) is 25.2. The van der Waals surface area contributed by atoms with Crippen LogP contribution in [0.15, 0.2) is 53.6 Å². The van der Waals surface area contributed by atoms with Gasteiger partial charge in [-0.3, -0.25) is 9.10 Å². The van der Waals surface area contributed by atoms with Gasteiger partial charge in [0.05, 0.1) is 17.7 Å². The van der Waals surface area contributed by atoms with Gasteiger partial charge in [0.1, 0.15) is 12.4 Å². The first-order chi connectivity index (χ1) is 16.7. The van der Waals surface area contributed by atoms with Crippen molar-refractivity contribution in [3.63, 3.8) is 0 Å². The molecule has 184 valence electrons. The number of benzene rings is 2. The van der Waals surface area contributed by atoms with Crippen molar-refractivity contribution in [1.29, 1.82) is 0 Å². The van der Waals surface area contributed by atoms with Crippen molar-refractivity contribution in [3.05, 3.63) is 65.4 Å². The summed E-state index contributed by atoms with van der Waals surface area (Å²) in [6, 6.07) is 12.6. The minimum atomic E-state index is -4.04. The summed E-state index contributed by atoms with van der Waals surface area (Å²) in [5.41, 5.74) is 3.26. The molecule has 1 heterocycles. The fraction of sp³-hybridized carbons (Fsp3) is 0.320. The van der Waals surface area contributed by atoms with E-state index in [4.69, 9.17) is 4.74 Å². The SMILES string of the molecule is COC(=O)CN(c1ccc(Nc2ccnc(NC3CC3)n2)cc1)S(=O)(=O)c1c(C)cc(C)cc1C. The number of sulfonamides is 1. The summed E-state index contributed by atoms with van der Waals surface area (Å²) in [5, 5.41) is 6.46. The fourth-order valence-electron chi connectivity index (χ4n) is 3.95. The Bertz CT molecular complexity index is 1320. The maximum Gasteiger partial charge on any atom is 0.326 e. The molecule has 1 saturated carbocycles. The first kappa shape index (κ1) is 24.5. The lowest BCUT2D eigenvalue weighted by Gasteiger charge is -2.25. The molecule has 0 unspecified atom stereocenters. The van der Waals surface area contributed by atoms with E-state index in [1.807, 2.05) is 19.1 Å². The van der Waals surface area contributed by atoms with Gasteiger partial charge in [0, 0.05) is 17.9 Å². The maximum atomic E-state index is 13.7. The molecule has 0 radical (unpaired) electrons. The van der Waals surface area contributed by atoms with Gasteiger partial charge in [-0.25, -0.2) is 13.4 Å². The second-order valence-corrected chi connectivity index (χ2v) is 10.5. The Morgan fingerprint density at radius 1 is 1.09 bits per heavy atom. The largest absolute Gasteiger partial charge is 0.468 e. The molecule has 2 N–H and O–H groups in total. The second-order valence-electron chi connectivity index (χ2n) is 8.67. The molecule has 0 bridgehead atoms. The maximum absolute atomic E-state index is 13.7. The van der Waals surface area contributed by atoms with E-state index in [9.17, 15) is 13.2 Å². The predicted octanol–water partition coefficient (Wildman–Crippen LogP) is 4.09. The van der Waals surface area contributed by atoms with Crippen LogP contribution in [0.2, 0.25) is 0 Å². The number of hydrogen-bond donors (Lipinski definition) is 2. The third-order valence-corrected chi connectivity index (χ3v) is 7.73. The van der Waals surface area contributed by atoms with Crippen molar-refractivity contribution in [3.8, 4) is 0 Å². The van der Waals surface area contributed by atoms with Crippen LogP contribution in [-0.4, -0.2) is 44.1 Å². The lowest BCUT2D eigenvalue weighted by atomic mass is 10.1. The number of nitrogens with zero attached hydrogens (tertiary/aromatic N) is 3. The Labute approximate surface area is 205 Å². The molecule has 1 aliphatic carbocycles. The molecule has 2 aromatic carbocycles. The number of carbonyl (C=O) groups is 1. The third-order valence-electron chi connectivity index (χ3n) is 5.65. The van der Waals surface area contributed by atoms with Crippen LogP contribution in [0.4, 0.5) is 23.1 Å². The van der Waals surface area contributed by atoms with Crippen molar-refractivity contribution >= 4 is 39.1 Å².